The smallest absolute Gasteiger partial charge is 0.170 e. The van der Waals surface area contributed by atoms with Gasteiger partial charge in [-0.05, 0) is 62.0 Å². The van der Waals surface area contributed by atoms with Crippen LogP contribution in [-0.4, -0.2) is 33.1 Å². The summed E-state index contributed by atoms with van der Waals surface area (Å²) in [4.78, 5) is 10.4. The Bertz CT molecular complexity index is 909. The van der Waals surface area contributed by atoms with Gasteiger partial charge in [-0.3, -0.25) is 4.98 Å². The van der Waals surface area contributed by atoms with E-state index in [-0.39, 0.29) is 12.1 Å². The lowest BCUT2D eigenvalue weighted by molar-refractivity contribution is 0.311. The second-order valence-electron chi connectivity index (χ2n) is 7.06. The number of para-hydroxylation sites is 1. The van der Waals surface area contributed by atoms with Crippen LogP contribution in [0.4, 0.5) is 5.69 Å². The lowest BCUT2D eigenvalue weighted by Crippen LogP contribution is -2.31. The van der Waals surface area contributed by atoms with Gasteiger partial charge in [-0.15, -0.1) is 0 Å². The number of nitrogens with zero attached hydrogens (tertiary/aromatic N) is 2. The largest absolute Gasteiger partial charge is 0.385 e. The van der Waals surface area contributed by atoms with Crippen LogP contribution in [0.3, 0.4) is 0 Å². The van der Waals surface area contributed by atoms with E-state index in [1.165, 1.54) is 0 Å². The number of H-pyrrole nitrogens is 1. The molecule has 5 nitrogen and oxygen atoms in total. The zero-order chi connectivity index (χ0) is 19.3. The maximum absolute atomic E-state index is 5.70. The quantitative estimate of drug-likeness (QED) is 0.416. The molecule has 0 spiro atoms. The van der Waals surface area contributed by atoms with Gasteiger partial charge in [-0.1, -0.05) is 24.3 Å². The molecule has 28 heavy (non-hydrogen) atoms. The number of nitrogens with one attached hydrogen (secondary N) is 3. The van der Waals surface area contributed by atoms with Crippen molar-refractivity contribution in [3.05, 3.63) is 83.9 Å². The van der Waals surface area contributed by atoms with Gasteiger partial charge >= 0.3 is 0 Å². The fraction of sp³-hybridized carbons (Fsp3) is 0.273. The van der Waals surface area contributed by atoms with Crippen LogP contribution in [0.15, 0.2) is 66.9 Å². The number of rotatable bonds is 7. The topological polar surface area (TPSA) is 56.0 Å². The molecule has 1 aromatic carbocycles. The Morgan fingerprint density at radius 1 is 1.07 bits per heavy atom. The molecule has 3 heterocycles. The highest BCUT2D eigenvalue weighted by Gasteiger charge is 2.40. The number of aromatic nitrogens is 2. The van der Waals surface area contributed by atoms with E-state index in [4.69, 9.17) is 12.2 Å². The minimum atomic E-state index is 0.0360. The lowest BCUT2D eigenvalue weighted by atomic mass is 10.0. The van der Waals surface area contributed by atoms with Gasteiger partial charge in [0.15, 0.2) is 5.11 Å². The first-order valence-electron chi connectivity index (χ1n) is 9.65. The molecule has 3 aromatic rings. The Balaban J connectivity index is 1.48. The molecule has 4 rings (SSSR count). The fourth-order valence-electron chi connectivity index (χ4n) is 3.72. The monoisotopic (exact) mass is 391 g/mol. The molecular formula is C22H25N5S. The summed E-state index contributed by atoms with van der Waals surface area (Å²) >= 11 is 5.70. The Hall–Kier alpha value is -2.86. The minimum absolute atomic E-state index is 0.0360. The van der Waals surface area contributed by atoms with Crippen LogP contribution in [0.5, 0.6) is 0 Å². The van der Waals surface area contributed by atoms with E-state index in [1.807, 2.05) is 36.5 Å². The summed E-state index contributed by atoms with van der Waals surface area (Å²) in [6, 6.07) is 20.7. The average Bonchev–Trinajstić information content (AvgIpc) is 3.29. The number of anilines is 1. The Kier molecular flexibility index (Phi) is 5.58. The van der Waals surface area contributed by atoms with Crippen molar-refractivity contribution in [1.29, 1.82) is 0 Å². The second kappa shape index (κ2) is 8.44. The van der Waals surface area contributed by atoms with Gasteiger partial charge in [0.2, 0.25) is 0 Å². The number of aromatic amines is 1. The lowest BCUT2D eigenvalue weighted by Gasteiger charge is -2.27. The fourth-order valence-corrected chi connectivity index (χ4v) is 4.05. The van der Waals surface area contributed by atoms with Crippen molar-refractivity contribution in [1.82, 2.24) is 20.2 Å². The zero-order valence-corrected chi connectivity index (χ0v) is 16.7. The highest BCUT2D eigenvalue weighted by atomic mass is 32.1. The first-order valence-corrected chi connectivity index (χ1v) is 10.1. The van der Waals surface area contributed by atoms with Crippen molar-refractivity contribution in [2.24, 2.45) is 0 Å². The maximum Gasteiger partial charge on any atom is 0.170 e. The van der Waals surface area contributed by atoms with Crippen molar-refractivity contribution >= 4 is 23.0 Å². The van der Waals surface area contributed by atoms with Crippen LogP contribution < -0.4 is 10.6 Å². The van der Waals surface area contributed by atoms with Crippen molar-refractivity contribution in [3.63, 3.8) is 0 Å². The van der Waals surface area contributed by atoms with Gasteiger partial charge in [0, 0.05) is 36.4 Å². The summed E-state index contributed by atoms with van der Waals surface area (Å²) in [6.45, 7) is 3.85. The number of hydrogen-bond donors (Lipinski definition) is 3. The molecule has 2 aromatic heterocycles. The standard InChI is InChI=1S/C22H25N5S/c1-16-11-12-19(25-16)21-20(18-10-5-6-13-24-18)26-22(28)27(21)15-7-14-23-17-8-3-2-4-9-17/h2-6,8-13,20-21,23,25H,7,14-15H2,1H3,(H,26,28)/t20-,21-/m0/s1. The first kappa shape index (κ1) is 18.5. The summed E-state index contributed by atoms with van der Waals surface area (Å²) in [5, 5.41) is 7.75. The van der Waals surface area contributed by atoms with Crippen LogP contribution in [0.1, 0.15) is 35.6 Å². The third-order valence-corrected chi connectivity index (χ3v) is 5.40. The maximum atomic E-state index is 5.70. The van der Waals surface area contributed by atoms with Gasteiger partial charge < -0.3 is 20.5 Å². The third kappa shape index (κ3) is 4.02. The van der Waals surface area contributed by atoms with Crippen LogP contribution in [-0.2, 0) is 0 Å². The highest BCUT2D eigenvalue weighted by Crippen LogP contribution is 2.38. The molecule has 0 aliphatic carbocycles. The van der Waals surface area contributed by atoms with Crippen LogP contribution in [0.2, 0.25) is 0 Å². The number of thiocarbonyl (C=S) groups is 1. The molecule has 1 fully saturated rings. The summed E-state index contributed by atoms with van der Waals surface area (Å²) in [5.41, 5.74) is 4.47. The molecule has 1 aliphatic heterocycles. The zero-order valence-electron chi connectivity index (χ0n) is 15.9. The molecule has 0 amide bonds. The van der Waals surface area contributed by atoms with E-state index in [0.717, 1.165) is 47.4 Å². The van der Waals surface area contributed by atoms with Gasteiger partial charge in [0.25, 0.3) is 0 Å². The molecular weight excluding hydrogens is 366 g/mol. The SMILES string of the molecule is Cc1ccc([C@H]2[C@H](c3ccccn3)NC(=S)N2CCCNc2ccccc2)[nH]1. The van der Waals surface area contributed by atoms with Crippen molar-refractivity contribution < 1.29 is 0 Å². The number of aryl methyl sites for hydroxylation is 1. The molecule has 0 unspecified atom stereocenters. The second-order valence-corrected chi connectivity index (χ2v) is 7.45. The normalized spacial score (nSPS) is 18.9. The van der Waals surface area contributed by atoms with E-state index in [1.54, 1.807) is 0 Å². The summed E-state index contributed by atoms with van der Waals surface area (Å²) in [7, 11) is 0. The Morgan fingerprint density at radius 2 is 1.89 bits per heavy atom. The van der Waals surface area contributed by atoms with E-state index < -0.39 is 0 Å². The van der Waals surface area contributed by atoms with E-state index in [0.29, 0.717) is 0 Å². The molecule has 0 radical (unpaired) electrons. The van der Waals surface area contributed by atoms with Gasteiger partial charge in [0.05, 0.1) is 17.8 Å². The van der Waals surface area contributed by atoms with Crippen LogP contribution in [0, 0.1) is 6.92 Å². The van der Waals surface area contributed by atoms with Gasteiger partial charge in [0.1, 0.15) is 0 Å². The minimum Gasteiger partial charge on any atom is -0.385 e. The van der Waals surface area contributed by atoms with E-state index in [9.17, 15) is 0 Å². The number of benzene rings is 1. The number of hydrogen-bond acceptors (Lipinski definition) is 3. The summed E-state index contributed by atoms with van der Waals surface area (Å²) in [6.07, 6.45) is 2.82. The van der Waals surface area contributed by atoms with Crippen LogP contribution >= 0.6 is 12.2 Å². The molecule has 6 heteroatoms. The summed E-state index contributed by atoms with van der Waals surface area (Å²) < 4.78 is 0. The molecule has 1 saturated heterocycles. The first-order chi connectivity index (χ1) is 13.7. The van der Waals surface area contributed by atoms with E-state index in [2.05, 4.69) is 62.8 Å². The molecule has 144 valence electrons. The predicted molar refractivity (Wildman–Crippen MR) is 117 cm³/mol. The van der Waals surface area contributed by atoms with Crippen molar-refractivity contribution in [3.8, 4) is 0 Å². The van der Waals surface area contributed by atoms with Crippen molar-refractivity contribution in [2.75, 3.05) is 18.4 Å². The number of pyridine rings is 1. The average molecular weight is 392 g/mol. The van der Waals surface area contributed by atoms with Gasteiger partial charge in [-0.2, -0.15) is 0 Å². The molecule has 1 aliphatic rings. The molecule has 0 saturated carbocycles. The van der Waals surface area contributed by atoms with E-state index >= 15 is 0 Å². The highest BCUT2D eigenvalue weighted by molar-refractivity contribution is 7.80. The van der Waals surface area contributed by atoms with Gasteiger partial charge in [-0.25, -0.2) is 0 Å². The molecule has 2 atom stereocenters. The third-order valence-electron chi connectivity index (χ3n) is 5.05. The van der Waals surface area contributed by atoms with Crippen LogP contribution in [0.25, 0.3) is 0 Å². The molecule has 0 bridgehead atoms. The van der Waals surface area contributed by atoms with Crippen molar-refractivity contribution in [2.45, 2.75) is 25.4 Å². The predicted octanol–water partition coefficient (Wildman–Crippen LogP) is 4.19. The molecule has 3 N–H and O–H groups in total. The Morgan fingerprint density at radius 3 is 2.61 bits per heavy atom. The summed E-state index contributed by atoms with van der Waals surface area (Å²) in [5.74, 6) is 0. The Labute approximate surface area is 171 Å².